The van der Waals surface area contributed by atoms with Gasteiger partial charge in [0.2, 0.25) is 9.05 Å². The van der Waals surface area contributed by atoms with Crippen molar-refractivity contribution in [3.8, 4) is 0 Å². The molecule has 0 N–H and O–H groups in total. The fourth-order valence-corrected chi connectivity index (χ4v) is 3.65. The minimum absolute atomic E-state index is 0.387. The predicted molar refractivity (Wildman–Crippen MR) is 64.4 cm³/mol. The number of pyridine rings is 1. The minimum atomic E-state index is -3.51. The van der Waals surface area contributed by atoms with Crippen LogP contribution in [-0.4, -0.2) is 18.1 Å². The Morgan fingerprint density at radius 1 is 1.44 bits per heavy atom. The van der Waals surface area contributed by atoms with Crippen molar-refractivity contribution in [2.45, 2.75) is 30.9 Å². The molecule has 3 nitrogen and oxygen atoms in total. The van der Waals surface area contributed by atoms with Crippen LogP contribution in [0.2, 0.25) is 5.15 Å². The fourth-order valence-electron chi connectivity index (χ4n) is 1.82. The number of halogens is 2. The van der Waals surface area contributed by atoms with E-state index in [0.717, 1.165) is 11.3 Å². The molecule has 1 aliphatic rings. The first-order chi connectivity index (χ1) is 7.32. The van der Waals surface area contributed by atoms with Crippen LogP contribution in [0.5, 0.6) is 0 Å². The molecule has 0 bridgehead atoms. The van der Waals surface area contributed by atoms with E-state index in [9.17, 15) is 8.42 Å². The van der Waals surface area contributed by atoms with Crippen molar-refractivity contribution in [3.05, 3.63) is 28.5 Å². The summed E-state index contributed by atoms with van der Waals surface area (Å²) in [5, 5.41) is 0.387. The van der Waals surface area contributed by atoms with Crippen LogP contribution >= 0.6 is 22.3 Å². The van der Waals surface area contributed by atoms with Crippen LogP contribution in [0.15, 0.2) is 12.1 Å². The molecule has 1 heterocycles. The van der Waals surface area contributed by atoms with E-state index >= 15 is 0 Å². The lowest BCUT2D eigenvalue weighted by atomic mass is 10.1. The molecular weight excluding hydrogens is 269 g/mol. The minimum Gasteiger partial charge on any atom is -0.241 e. The van der Waals surface area contributed by atoms with Crippen molar-refractivity contribution in [1.82, 2.24) is 4.98 Å². The van der Waals surface area contributed by atoms with Crippen LogP contribution < -0.4 is 0 Å². The van der Waals surface area contributed by atoms with Crippen LogP contribution in [0.1, 0.15) is 24.1 Å². The summed E-state index contributed by atoms with van der Waals surface area (Å²) >= 11 is 5.82. The Kier molecular flexibility index (Phi) is 2.93. The molecule has 1 fully saturated rings. The van der Waals surface area contributed by atoms with Crippen LogP contribution in [0.4, 0.5) is 0 Å². The van der Waals surface area contributed by atoms with Gasteiger partial charge in [0, 0.05) is 16.4 Å². The maximum Gasteiger partial charge on any atom is 0.238 e. The SMILES string of the molecule is Cc1cc(CC2(S(=O)(=O)Cl)CC2)cc(Cl)n1. The van der Waals surface area contributed by atoms with Gasteiger partial charge >= 0.3 is 0 Å². The quantitative estimate of drug-likeness (QED) is 0.631. The molecule has 16 heavy (non-hydrogen) atoms. The molecular formula is C10H11Cl2NO2S. The summed E-state index contributed by atoms with van der Waals surface area (Å²) in [6.45, 7) is 1.82. The highest BCUT2D eigenvalue weighted by atomic mass is 35.7. The number of aromatic nitrogens is 1. The molecule has 0 atom stereocenters. The van der Waals surface area contributed by atoms with Gasteiger partial charge in [0.1, 0.15) is 5.15 Å². The van der Waals surface area contributed by atoms with Gasteiger partial charge in [-0.25, -0.2) is 13.4 Å². The molecule has 1 aliphatic carbocycles. The van der Waals surface area contributed by atoms with Crippen molar-refractivity contribution in [1.29, 1.82) is 0 Å². The molecule has 6 heteroatoms. The summed E-state index contributed by atoms with van der Waals surface area (Å²) in [5.41, 5.74) is 1.66. The van der Waals surface area contributed by atoms with Gasteiger partial charge in [-0.15, -0.1) is 0 Å². The third kappa shape index (κ3) is 2.34. The van der Waals surface area contributed by atoms with Gasteiger partial charge in [-0.2, -0.15) is 0 Å². The molecule has 88 valence electrons. The third-order valence-electron chi connectivity index (χ3n) is 2.83. The molecule has 0 aromatic carbocycles. The first-order valence-electron chi connectivity index (χ1n) is 4.90. The summed E-state index contributed by atoms with van der Waals surface area (Å²) in [6, 6.07) is 3.53. The van der Waals surface area contributed by atoms with Gasteiger partial charge in [0.15, 0.2) is 0 Å². The fraction of sp³-hybridized carbons (Fsp3) is 0.500. The number of hydrogen-bond donors (Lipinski definition) is 0. The summed E-state index contributed by atoms with van der Waals surface area (Å²) in [4.78, 5) is 4.03. The van der Waals surface area contributed by atoms with E-state index in [-0.39, 0.29) is 0 Å². The standard InChI is InChI=1S/C10H11Cl2NO2S/c1-7-4-8(5-9(11)13-7)6-10(2-3-10)16(12,14)15/h4-5H,2-3,6H2,1H3. The number of aryl methyl sites for hydroxylation is 1. The maximum atomic E-state index is 11.4. The normalized spacial score (nSPS) is 18.4. The molecule has 0 aliphatic heterocycles. The first-order valence-corrected chi connectivity index (χ1v) is 7.58. The van der Waals surface area contributed by atoms with Crippen molar-refractivity contribution >= 4 is 31.3 Å². The van der Waals surface area contributed by atoms with E-state index in [0.29, 0.717) is 24.4 Å². The van der Waals surface area contributed by atoms with Gasteiger partial charge in [0.05, 0.1) is 4.75 Å². The smallest absolute Gasteiger partial charge is 0.238 e. The Morgan fingerprint density at radius 3 is 2.50 bits per heavy atom. The van der Waals surface area contributed by atoms with E-state index < -0.39 is 13.8 Å². The Balaban J connectivity index is 2.28. The van der Waals surface area contributed by atoms with E-state index in [1.54, 1.807) is 6.07 Å². The number of rotatable bonds is 3. The number of hydrogen-bond acceptors (Lipinski definition) is 3. The van der Waals surface area contributed by atoms with Crippen molar-refractivity contribution in [2.75, 3.05) is 0 Å². The summed E-state index contributed by atoms with van der Waals surface area (Å²) < 4.78 is 22.0. The molecule has 0 saturated heterocycles. The lowest BCUT2D eigenvalue weighted by molar-refractivity contribution is 0.590. The highest BCUT2D eigenvalue weighted by Crippen LogP contribution is 2.48. The second kappa shape index (κ2) is 3.86. The zero-order valence-electron chi connectivity index (χ0n) is 8.70. The van der Waals surface area contributed by atoms with Crippen LogP contribution in [0.3, 0.4) is 0 Å². The van der Waals surface area contributed by atoms with Crippen LogP contribution in [0, 0.1) is 6.92 Å². The van der Waals surface area contributed by atoms with Gasteiger partial charge < -0.3 is 0 Å². The average molecular weight is 280 g/mol. The maximum absolute atomic E-state index is 11.4. The highest BCUT2D eigenvalue weighted by molar-refractivity contribution is 8.15. The first kappa shape index (κ1) is 12.1. The Morgan fingerprint density at radius 2 is 2.06 bits per heavy atom. The van der Waals surface area contributed by atoms with Gasteiger partial charge in [0.25, 0.3) is 0 Å². The van der Waals surface area contributed by atoms with Gasteiger partial charge in [-0.3, -0.25) is 0 Å². The Hall–Kier alpha value is -0.320. The van der Waals surface area contributed by atoms with Crippen LogP contribution in [-0.2, 0) is 15.5 Å². The average Bonchev–Trinajstić information content (AvgIpc) is 2.81. The van der Waals surface area contributed by atoms with E-state index in [1.165, 1.54) is 0 Å². The molecule has 1 aromatic heterocycles. The largest absolute Gasteiger partial charge is 0.241 e. The van der Waals surface area contributed by atoms with E-state index in [2.05, 4.69) is 4.98 Å². The lowest BCUT2D eigenvalue weighted by Gasteiger charge is -2.11. The molecule has 0 amide bonds. The Labute approximate surface area is 104 Å². The zero-order valence-corrected chi connectivity index (χ0v) is 11.0. The molecule has 0 spiro atoms. The second-order valence-corrected chi connectivity index (χ2v) is 7.58. The summed E-state index contributed by atoms with van der Waals surface area (Å²) in [5.74, 6) is 0. The van der Waals surface area contributed by atoms with Gasteiger partial charge in [-0.1, -0.05) is 11.6 Å². The topological polar surface area (TPSA) is 47.0 Å². The van der Waals surface area contributed by atoms with Crippen molar-refractivity contribution < 1.29 is 8.42 Å². The number of nitrogens with zero attached hydrogens (tertiary/aromatic N) is 1. The summed E-state index contributed by atoms with van der Waals surface area (Å²) in [6.07, 6.45) is 1.66. The van der Waals surface area contributed by atoms with Gasteiger partial charge in [-0.05, 0) is 43.9 Å². The van der Waals surface area contributed by atoms with Crippen LogP contribution in [0.25, 0.3) is 0 Å². The third-order valence-corrected chi connectivity index (χ3v) is 5.60. The van der Waals surface area contributed by atoms with Crippen molar-refractivity contribution in [2.24, 2.45) is 0 Å². The molecule has 1 saturated carbocycles. The molecule has 1 aromatic rings. The molecule has 0 unspecified atom stereocenters. The van der Waals surface area contributed by atoms with E-state index in [1.807, 2.05) is 13.0 Å². The monoisotopic (exact) mass is 279 g/mol. The molecule has 2 rings (SSSR count). The summed E-state index contributed by atoms with van der Waals surface area (Å²) in [7, 11) is 1.93. The van der Waals surface area contributed by atoms with E-state index in [4.69, 9.17) is 22.3 Å². The zero-order chi connectivity index (χ0) is 12.0. The van der Waals surface area contributed by atoms with Crippen molar-refractivity contribution in [3.63, 3.8) is 0 Å². The predicted octanol–water partition coefficient (Wildman–Crippen LogP) is 2.69. The highest BCUT2D eigenvalue weighted by Gasteiger charge is 2.53. The molecule has 0 radical (unpaired) electrons. The second-order valence-electron chi connectivity index (χ2n) is 4.24. The Bertz CT molecular complexity index is 503. The lowest BCUT2D eigenvalue weighted by Crippen LogP contribution is -2.21.